The number of nitrogens with zero attached hydrogens (tertiary/aromatic N) is 1. The Morgan fingerprint density at radius 1 is 0.774 bits per heavy atom. The van der Waals surface area contributed by atoms with Crippen molar-refractivity contribution in [2.45, 2.75) is 11.8 Å². The molecular formula is C49H47N3S. The highest BCUT2D eigenvalue weighted by Crippen LogP contribution is 2.45. The summed E-state index contributed by atoms with van der Waals surface area (Å²) in [6, 6.07) is 43.0. The van der Waals surface area contributed by atoms with Gasteiger partial charge < -0.3 is 15.6 Å². The average Bonchev–Trinajstić information content (AvgIpc) is 3.31. The maximum Gasteiger partial charge on any atom is 0.0541 e. The van der Waals surface area contributed by atoms with E-state index in [1.165, 1.54) is 21.2 Å². The van der Waals surface area contributed by atoms with Crippen molar-refractivity contribution in [1.82, 2.24) is 4.57 Å². The van der Waals surface area contributed by atoms with Crippen LogP contribution in [0.3, 0.4) is 0 Å². The fraction of sp³-hybridized carbons (Fsp3) is 0.102. The zero-order valence-corrected chi connectivity index (χ0v) is 31.8. The first kappa shape index (κ1) is 35.4. The van der Waals surface area contributed by atoms with Crippen LogP contribution in [0.4, 0.5) is 11.4 Å². The van der Waals surface area contributed by atoms with Gasteiger partial charge in [-0.3, -0.25) is 0 Å². The highest BCUT2D eigenvalue weighted by Gasteiger charge is 2.15. The van der Waals surface area contributed by atoms with E-state index in [1.54, 1.807) is 0 Å². The first-order valence-electron chi connectivity index (χ1n) is 18.0. The number of nitrogens with two attached hydrogens (primary N) is 1. The Balaban J connectivity index is 1.21. The van der Waals surface area contributed by atoms with Gasteiger partial charge in [0.25, 0.3) is 0 Å². The van der Waals surface area contributed by atoms with Crippen LogP contribution in [0.15, 0.2) is 187 Å². The topological polar surface area (TPSA) is 43.0 Å². The maximum atomic E-state index is 6.49. The number of rotatable bonds is 10. The van der Waals surface area contributed by atoms with Crippen LogP contribution in [0.1, 0.15) is 23.6 Å². The summed E-state index contributed by atoms with van der Waals surface area (Å²) in [6.45, 7) is 6.26. The SMILES string of the molecule is C=C/C=C(\C=C(/C)c1ccccc1Nc1ccc(S(C)(C)C)cc1)c1ccc2c(c1)c1ccccc1n2C1=CC=CC(/C=C(\N)c2ccccc2)C=C1. The molecule has 0 aliphatic heterocycles. The molecule has 1 unspecified atom stereocenters. The van der Waals surface area contributed by atoms with E-state index in [1.807, 2.05) is 36.4 Å². The zero-order chi connectivity index (χ0) is 37.0. The predicted octanol–water partition coefficient (Wildman–Crippen LogP) is 12.8. The molecule has 3 nitrogen and oxygen atoms in total. The van der Waals surface area contributed by atoms with Crippen molar-refractivity contribution >= 4 is 65.7 Å². The van der Waals surface area contributed by atoms with E-state index in [9.17, 15) is 0 Å². The van der Waals surface area contributed by atoms with Crippen molar-refractivity contribution in [3.05, 3.63) is 199 Å². The number of para-hydroxylation sites is 2. The van der Waals surface area contributed by atoms with Crippen LogP contribution in [0.25, 0.3) is 44.3 Å². The molecule has 0 saturated heterocycles. The molecule has 1 aliphatic rings. The van der Waals surface area contributed by atoms with Crippen LogP contribution in [0.2, 0.25) is 0 Å². The normalized spacial score (nSPS) is 15.7. The molecule has 4 heteroatoms. The lowest BCUT2D eigenvalue weighted by Crippen LogP contribution is -1.99. The number of fused-ring (bicyclic) bond motifs is 3. The molecule has 1 atom stereocenters. The lowest BCUT2D eigenvalue weighted by atomic mass is 9.97. The maximum absolute atomic E-state index is 6.49. The fourth-order valence-electron chi connectivity index (χ4n) is 6.94. The minimum Gasteiger partial charge on any atom is -0.398 e. The van der Waals surface area contributed by atoms with Gasteiger partial charge in [-0.2, -0.15) is 0 Å². The van der Waals surface area contributed by atoms with Crippen LogP contribution in [0.5, 0.6) is 0 Å². The summed E-state index contributed by atoms with van der Waals surface area (Å²) in [5.74, 6) is 0.0838. The Morgan fingerprint density at radius 2 is 1.49 bits per heavy atom. The average molecular weight is 710 g/mol. The van der Waals surface area contributed by atoms with Gasteiger partial charge in [-0.25, -0.2) is 10.0 Å². The highest BCUT2D eigenvalue weighted by atomic mass is 32.3. The monoisotopic (exact) mass is 709 g/mol. The van der Waals surface area contributed by atoms with E-state index >= 15 is 0 Å². The number of nitrogens with one attached hydrogen (secondary N) is 1. The van der Waals surface area contributed by atoms with Gasteiger partial charge in [-0.1, -0.05) is 122 Å². The van der Waals surface area contributed by atoms with E-state index in [4.69, 9.17) is 5.73 Å². The molecule has 1 heterocycles. The molecule has 0 bridgehead atoms. The molecule has 5 aromatic carbocycles. The molecule has 1 aliphatic carbocycles. The molecule has 3 N–H and O–H groups in total. The van der Waals surface area contributed by atoms with Crippen LogP contribution in [0, 0.1) is 5.92 Å². The van der Waals surface area contributed by atoms with Crippen molar-refractivity contribution in [2.75, 3.05) is 24.1 Å². The van der Waals surface area contributed by atoms with Crippen molar-refractivity contribution in [2.24, 2.45) is 11.7 Å². The summed E-state index contributed by atoms with van der Waals surface area (Å²) >= 11 is 0. The smallest absolute Gasteiger partial charge is 0.0541 e. The standard InChI is InChI=1S/C49H47N3S/c1-6-15-38(32-35(2)43-20-10-12-22-47(43)51-40-26-29-42(30-27-40)53(3,4)5)39-25-31-49-45(34-39)44-21-11-13-23-48(44)52(49)41-19-14-16-36(24-28-41)33-46(50)37-17-8-7-9-18-37/h6-34,36,51H,1,50H2,2-5H3/b35-32+,38-15+,46-33-. The summed E-state index contributed by atoms with van der Waals surface area (Å²) < 4.78 is 2.36. The number of hydrogen-bond acceptors (Lipinski definition) is 2. The Bertz CT molecular complexity index is 2480. The van der Waals surface area contributed by atoms with E-state index in [0.29, 0.717) is 0 Å². The number of benzene rings is 5. The predicted molar refractivity (Wildman–Crippen MR) is 236 cm³/mol. The third-order valence-electron chi connectivity index (χ3n) is 9.69. The third-order valence-corrected chi connectivity index (χ3v) is 11.4. The number of anilines is 2. The van der Waals surface area contributed by atoms with Crippen molar-refractivity contribution in [1.29, 1.82) is 0 Å². The lowest BCUT2D eigenvalue weighted by molar-refractivity contribution is 1.07. The minimum absolute atomic E-state index is 0.0838. The van der Waals surface area contributed by atoms with E-state index < -0.39 is 10.0 Å². The van der Waals surface area contributed by atoms with Gasteiger partial charge in [0.1, 0.15) is 0 Å². The van der Waals surface area contributed by atoms with E-state index in [-0.39, 0.29) is 5.92 Å². The number of allylic oxidation sites excluding steroid dienone is 12. The van der Waals surface area contributed by atoms with Crippen molar-refractivity contribution in [3.63, 3.8) is 0 Å². The van der Waals surface area contributed by atoms with Gasteiger partial charge >= 0.3 is 0 Å². The minimum atomic E-state index is -0.772. The van der Waals surface area contributed by atoms with Gasteiger partial charge in [0.05, 0.1) is 11.0 Å². The summed E-state index contributed by atoms with van der Waals surface area (Å²) in [4.78, 5) is 1.40. The summed E-state index contributed by atoms with van der Waals surface area (Å²) in [6.07, 6.45) is 26.3. The molecular weight excluding hydrogens is 663 g/mol. The van der Waals surface area contributed by atoms with E-state index in [0.717, 1.165) is 56.1 Å². The molecule has 53 heavy (non-hydrogen) atoms. The largest absolute Gasteiger partial charge is 0.398 e. The third kappa shape index (κ3) is 7.79. The van der Waals surface area contributed by atoms with Gasteiger partial charge in [-0.15, -0.1) is 0 Å². The molecule has 0 saturated carbocycles. The van der Waals surface area contributed by atoms with Gasteiger partial charge in [0.2, 0.25) is 0 Å². The van der Waals surface area contributed by atoms with Crippen LogP contribution >= 0.6 is 10.0 Å². The second-order valence-corrected chi connectivity index (χ2v) is 18.3. The molecule has 0 amide bonds. The zero-order valence-electron chi connectivity index (χ0n) is 31.0. The number of aromatic nitrogens is 1. The molecule has 0 radical (unpaired) electrons. The molecule has 0 fully saturated rings. The first-order valence-corrected chi connectivity index (χ1v) is 20.8. The van der Waals surface area contributed by atoms with E-state index in [2.05, 4.69) is 182 Å². The Morgan fingerprint density at radius 3 is 2.26 bits per heavy atom. The molecule has 0 spiro atoms. The van der Waals surface area contributed by atoms with Crippen molar-refractivity contribution in [3.8, 4) is 0 Å². The van der Waals surface area contributed by atoms with Crippen LogP contribution < -0.4 is 11.1 Å². The molecule has 7 rings (SSSR count). The number of hydrogen-bond donors (Lipinski definition) is 2. The summed E-state index contributed by atoms with van der Waals surface area (Å²) in [7, 11) is -0.772. The fourth-order valence-corrected chi connectivity index (χ4v) is 7.89. The van der Waals surface area contributed by atoms with Gasteiger partial charge in [0.15, 0.2) is 0 Å². The summed E-state index contributed by atoms with van der Waals surface area (Å²) in [5, 5.41) is 6.09. The van der Waals surface area contributed by atoms with Crippen LogP contribution in [-0.4, -0.2) is 23.3 Å². The molecule has 6 aromatic rings. The van der Waals surface area contributed by atoms with Crippen molar-refractivity contribution < 1.29 is 0 Å². The molecule has 264 valence electrons. The molecule has 1 aromatic heterocycles. The Hall–Kier alpha value is -5.97. The highest BCUT2D eigenvalue weighted by molar-refractivity contribution is 8.32. The van der Waals surface area contributed by atoms with Gasteiger partial charge in [-0.05, 0) is 114 Å². The quantitative estimate of drug-likeness (QED) is 0.139. The van der Waals surface area contributed by atoms with Crippen LogP contribution in [-0.2, 0) is 0 Å². The Labute approximate surface area is 315 Å². The second-order valence-electron chi connectivity index (χ2n) is 14.2. The summed E-state index contributed by atoms with van der Waals surface area (Å²) in [5.41, 5.74) is 18.4. The first-order chi connectivity index (χ1) is 25.7. The van der Waals surface area contributed by atoms with Gasteiger partial charge in [0, 0.05) is 45.0 Å². The lowest BCUT2D eigenvalue weighted by Gasteiger charge is -2.26. The second kappa shape index (κ2) is 15.3. The Kier molecular flexibility index (Phi) is 10.2.